The van der Waals surface area contributed by atoms with Gasteiger partial charge in [0.15, 0.2) is 5.78 Å². The summed E-state index contributed by atoms with van der Waals surface area (Å²) in [5.41, 5.74) is 1.27. The van der Waals surface area contributed by atoms with Gasteiger partial charge in [-0.25, -0.2) is 4.79 Å². The van der Waals surface area contributed by atoms with Crippen LogP contribution in [0.15, 0.2) is 24.3 Å². The number of amides is 2. The largest absolute Gasteiger partial charge is 0.379 e. The first-order valence-electron chi connectivity index (χ1n) is 6.72. The average molecular weight is 278 g/mol. The van der Waals surface area contributed by atoms with Gasteiger partial charge in [0.25, 0.3) is 0 Å². The molecule has 0 aliphatic heterocycles. The summed E-state index contributed by atoms with van der Waals surface area (Å²) in [7, 11) is 0. The number of hydrogen-bond acceptors (Lipinski definition) is 3. The molecule has 0 unspecified atom stereocenters. The van der Waals surface area contributed by atoms with Crippen molar-refractivity contribution in [2.75, 3.05) is 25.1 Å². The lowest BCUT2D eigenvalue weighted by molar-refractivity contribution is 0.101. The number of rotatable bonds is 7. The number of carbonyl (C=O) groups excluding carboxylic acids is 2. The monoisotopic (exact) mass is 278 g/mol. The van der Waals surface area contributed by atoms with E-state index in [0.717, 1.165) is 0 Å². The minimum Gasteiger partial charge on any atom is -0.379 e. The van der Waals surface area contributed by atoms with E-state index in [0.29, 0.717) is 36.9 Å². The fourth-order valence-corrected chi connectivity index (χ4v) is 1.52. The lowest BCUT2D eigenvalue weighted by Gasteiger charge is -2.09. The van der Waals surface area contributed by atoms with Crippen LogP contribution in [-0.2, 0) is 4.74 Å². The molecule has 0 saturated carbocycles. The van der Waals surface area contributed by atoms with Crippen LogP contribution in [-0.4, -0.2) is 31.6 Å². The summed E-state index contributed by atoms with van der Waals surface area (Å²) in [6.45, 7) is 7.30. The summed E-state index contributed by atoms with van der Waals surface area (Å²) in [6, 6.07) is 6.48. The molecule has 0 bridgehead atoms. The molecule has 5 heteroatoms. The highest BCUT2D eigenvalue weighted by molar-refractivity contribution is 5.95. The number of nitrogens with one attached hydrogen (secondary N) is 2. The first kappa shape index (κ1) is 16.2. The lowest BCUT2D eigenvalue weighted by atomic mass is 10.1. The SMILES string of the molecule is CC(=O)c1ccc(NC(=O)NCCOCC(C)C)cc1. The predicted octanol–water partition coefficient (Wildman–Crippen LogP) is 2.68. The van der Waals surface area contributed by atoms with Gasteiger partial charge < -0.3 is 15.4 Å². The van der Waals surface area contributed by atoms with Gasteiger partial charge in [0, 0.05) is 24.4 Å². The number of urea groups is 1. The third kappa shape index (κ3) is 6.33. The Labute approximate surface area is 119 Å². The topological polar surface area (TPSA) is 67.4 Å². The molecule has 2 amide bonds. The van der Waals surface area contributed by atoms with Gasteiger partial charge in [-0.2, -0.15) is 0 Å². The third-order valence-electron chi connectivity index (χ3n) is 2.53. The Morgan fingerprint density at radius 2 is 1.85 bits per heavy atom. The molecule has 5 nitrogen and oxygen atoms in total. The maximum atomic E-state index is 11.6. The van der Waals surface area contributed by atoms with E-state index in [2.05, 4.69) is 24.5 Å². The molecule has 1 aromatic rings. The van der Waals surface area contributed by atoms with Crippen LogP contribution in [0.5, 0.6) is 0 Å². The van der Waals surface area contributed by atoms with Crippen molar-refractivity contribution in [3.05, 3.63) is 29.8 Å². The second kappa shape index (κ2) is 8.32. The van der Waals surface area contributed by atoms with Crippen molar-refractivity contribution in [1.29, 1.82) is 0 Å². The highest BCUT2D eigenvalue weighted by Crippen LogP contribution is 2.09. The van der Waals surface area contributed by atoms with E-state index in [4.69, 9.17) is 4.74 Å². The van der Waals surface area contributed by atoms with Crippen LogP contribution >= 0.6 is 0 Å². The fourth-order valence-electron chi connectivity index (χ4n) is 1.52. The minimum atomic E-state index is -0.284. The minimum absolute atomic E-state index is 0.00306. The summed E-state index contributed by atoms with van der Waals surface area (Å²) < 4.78 is 5.36. The smallest absolute Gasteiger partial charge is 0.319 e. The van der Waals surface area contributed by atoms with Gasteiger partial charge in [-0.05, 0) is 37.1 Å². The van der Waals surface area contributed by atoms with Gasteiger partial charge in [0.1, 0.15) is 0 Å². The molecule has 0 atom stereocenters. The Morgan fingerprint density at radius 1 is 1.20 bits per heavy atom. The van der Waals surface area contributed by atoms with E-state index in [-0.39, 0.29) is 11.8 Å². The predicted molar refractivity (Wildman–Crippen MR) is 79.1 cm³/mol. The Kier molecular flexibility index (Phi) is 6.73. The van der Waals surface area contributed by atoms with E-state index in [1.165, 1.54) is 6.92 Å². The average Bonchev–Trinajstić information content (AvgIpc) is 2.38. The zero-order chi connectivity index (χ0) is 15.0. The number of ketones is 1. The molecule has 0 heterocycles. The summed E-state index contributed by atoms with van der Waals surface area (Å²) >= 11 is 0. The van der Waals surface area contributed by atoms with Gasteiger partial charge in [-0.3, -0.25) is 4.79 Å². The van der Waals surface area contributed by atoms with Gasteiger partial charge >= 0.3 is 6.03 Å². The lowest BCUT2D eigenvalue weighted by Crippen LogP contribution is -2.31. The zero-order valence-corrected chi connectivity index (χ0v) is 12.2. The molecule has 0 radical (unpaired) electrons. The molecular weight excluding hydrogens is 256 g/mol. The van der Waals surface area contributed by atoms with Crippen molar-refractivity contribution < 1.29 is 14.3 Å². The van der Waals surface area contributed by atoms with Crippen LogP contribution in [0.1, 0.15) is 31.1 Å². The second-order valence-corrected chi connectivity index (χ2v) is 4.98. The van der Waals surface area contributed by atoms with E-state index in [1.54, 1.807) is 24.3 Å². The van der Waals surface area contributed by atoms with E-state index >= 15 is 0 Å². The van der Waals surface area contributed by atoms with E-state index in [9.17, 15) is 9.59 Å². The van der Waals surface area contributed by atoms with Gasteiger partial charge in [0.2, 0.25) is 0 Å². The van der Waals surface area contributed by atoms with Crippen molar-refractivity contribution in [1.82, 2.24) is 5.32 Å². The van der Waals surface area contributed by atoms with Crippen LogP contribution in [0.2, 0.25) is 0 Å². The van der Waals surface area contributed by atoms with Gasteiger partial charge in [0.05, 0.1) is 6.61 Å². The fraction of sp³-hybridized carbons (Fsp3) is 0.467. The standard InChI is InChI=1S/C15H22N2O3/c1-11(2)10-20-9-8-16-15(19)17-14-6-4-13(5-7-14)12(3)18/h4-7,11H,8-10H2,1-3H3,(H2,16,17,19). The van der Waals surface area contributed by atoms with Gasteiger partial charge in [-0.15, -0.1) is 0 Å². The van der Waals surface area contributed by atoms with Crippen molar-refractivity contribution in [3.8, 4) is 0 Å². The Morgan fingerprint density at radius 3 is 2.40 bits per heavy atom. The maximum absolute atomic E-state index is 11.6. The third-order valence-corrected chi connectivity index (χ3v) is 2.53. The molecule has 0 spiro atoms. The highest BCUT2D eigenvalue weighted by Gasteiger charge is 2.03. The number of ether oxygens (including phenoxy) is 1. The number of hydrogen-bond donors (Lipinski definition) is 2. The molecule has 1 aromatic carbocycles. The van der Waals surface area contributed by atoms with Crippen LogP contribution in [0, 0.1) is 5.92 Å². The summed E-state index contributed by atoms with van der Waals surface area (Å²) in [5.74, 6) is 0.493. The molecule has 2 N–H and O–H groups in total. The molecule has 0 aromatic heterocycles. The number of Topliss-reactive ketones (excluding diaryl/α,β-unsaturated/α-hetero) is 1. The van der Waals surface area contributed by atoms with Crippen molar-refractivity contribution in [2.45, 2.75) is 20.8 Å². The van der Waals surface area contributed by atoms with Crippen molar-refractivity contribution in [3.63, 3.8) is 0 Å². The molecular formula is C15H22N2O3. The van der Waals surface area contributed by atoms with Crippen LogP contribution in [0.25, 0.3) is 0 Å². The zero-order valence-electron chi connectivity index (χ0n) is 12.2. The van der Waals surface area contributed by atoms with Gasteiger partial charge in [-0.1, -0.05) is 13.8 Å². The molecule has 0 saturated heterocycles. The molecule has 110 valence electrons. The maximum Gasteiger partial charge on any atom is 0.319 e. The van der Waals surface area contributed by atoms with Crippen molar-refractivity contribution in [2.24, 2.45) is 5.92 Å². The molecule has 20 heavy (non-hydrogen) atoms. The first-order chi connectivity index (χ1) is 9.49. The molecule has 1 rings (SSSR count). The van der Waals surface area contributed by atoms with E-state index < -0.39 is 0 Å². The Bertz CT molecular complexity index is 441. The summed E-state index contributed by atoms with van der Waals surface area (Å²) in [6.07, 6.45) is 0. The number of anilines is 1. The molecule has 0 aliphatic rings. The van der Waals surface area contributed by atoms with Crippen LogP contribution in [0.3, 0.4) is 0 Å². The van der Waals surface area contributed by atoms with E-state index in [1.807, 2.05) is 0 Å². The first-order valence-corrected chi connectivity index (χ1v) is 6.72. The number of carbonyl (C=O) groups is 2. The summed E-state index contributed by atoms with van der Waals surface area (Å²) in [4.78, 5) is 22.7. The molecule has 0 fully saturated rings. The van der Waals surface area contributed by atoms with Crippen LogP contribution in [0.4, 0.5) is 10.5 Å². The highest BCUT2D eigenvalue weighted by atomic mass is 16.5. The number of benzene rings is 1. The Balaban J connectivity index is 2.26. The Hall–Kier alpha value is -1.88. The van der Waals surface area contributed by atoms with Crippen molar-refractivity contribution >= 4 is 17.5 Å². The summed E-state index contributed by atoms with van der Waals surface area (Å²) in [5, 5.41) is 5.39. The normalized spacial score (nSPS) is 10.4. The van der Waals surface area contributed by atoms with Crippen LogP contribution < -0.4 is 10.6 Å². The molecule has 0 aliphatic carbocycles. The quantitative estimate of drug-likeness (QED) is 0.595. The second-order valence-electron chi connectivity index (χ2n) is 4.98.